The maximum atomic E-state index is 9.16. The summed E-state index contributed by atoms with van der Waals surface area (Å²) in [5.74, 6) is 0. The van der Waals surface area contributed by atoms with E-state index in [2.05, 4.69) is 342 Å². The molecule has 16 heteroatoms. The van der Waals surface area contributed by atoms with Gasteiger partial charge in [0.1, 0.15) is 23.9 Å². The molecule has 0 aliphatic heterocycles. The van der Waals surface area contributed by atoms with Crippen molar-refractivity contribution in [2.45, 2.75) is 209 Å². The predicted octanol–water partition coefficient (Wildman–Crippen LogP) is 31.4. The fourth-order valence-corrected chi connectivity index (χ4v) is 15.9. The van der Waals surface area contributed by atoms with Gasteiger partial charge in [-0.3, -0.25) is 24.9 Å². The number of pyridine rings is 3. The topological polar surface area (TPSA) is 304 Å². The van der Waals surface area contributed by atoms with E-state index in [4.69, 9.17) is 52.3 Å². The fourth-order valence-electron chi connectivity index (χ4n) is 15.9. The van der Waals surface area contributed by atoms with Crippen molar-refractivity contribution in [2.75, 3.05) is 0 Å². The van der Waals surface area contributed by atoms with Gasteiger partial charge in [0.05, 0.1) is 111 Å². The largest absolute Gasteiger partial charge is 0.256 e. The zero-order valence-electron chi connectivity index (χ0n) is 87.2. The SMILES string of the molecule is CC(C)(C)c1ccc(-c2ccc(C#N)cc2)nc1.CC(C)(C)c1ccc(-c2ccc(C#N)cn2)cc1.CC(C)(C)c1ccc(-c2cnc(C#N)cn2)cc1.CC(C)(C)c1ccc(-c2nccnc2C#N)cc1.CC(C)(C)c1ccc(C#N)c2cc(C#N)ccc12.CC(C)(C)c1ccc(C#N)c2ccccc12.CC(C)(C)c1cccc2c(C#N)cccc12.CC(C)(C)c1cnc(-c2ccc(C#N)cc2)c2ccccc12. The minimum atomic E-state index is 0.0143. The molecule has 17 aromatic rings. The molecule has 0 unspecified atom stereocenters. The number of nitriles is 9. The smallest absolute Gasteiger partial charge is 0.166 e. The van der Waals surface area contributed by atoms with Gasteiger partial charge in [0.25, 0.3) is 0 Å². The lowest BCUT2D eigenvalue weighted by molar-refractivity contribution is 0.587. The number of aromatic nitrogens is 7. The molecule has 5 heterocycles. The molecule has 0 bridgehead atoms. The Morgan fingerprint density at radius 2 is 0.535 bits per heavy atom. The summed E-state index contributed by atoms with van der Waals surface area (Å²) in [5, 5.41) is 89.2. The Kier molecular flexibility index (Phi) is 35.6. The Balaban J connectivity index is 0.000000169. The number of rotatable bonds is 5. The second kappa shape index (κ2) is 47.1. The van der Waals surface area contributed by atoms with Crippen LogP contribution in [0.1, 0.15) is 261 Å². The molecular formula is C128H124N16. The van der Waals surface area contributed by atoms with Crippen molar-refractivity contribution in [2.24, 2.45) is 0 Å². The van der Waals surface area contributed by atoms with Gasteiger partial charge in [0.15, 0.2) is 11.4 Å². The second-order valence-electron chi connectivity index (χ2n) is 43.2. The van der Waals surface area contributed by atoms with Crippen molar-refractivity contribution in [1.29, 1.82) is 47.4 Å². The van der Waals surface area contributed by atoms with Crippen LogP contribution in [0.4, 0.5) is 0 Å². The van der Waals surface area contributed by atoms with Crippen LogP contribution in [0.25, 0.3) is 99.4 Å². The Labute approximate surface area is 851 Å². The summed E-state index contributed by atoms with van der Waals surface area (Å²) in [7, 11) is 0. The number of benzene rings is 12. The van der Waals surface area contributed by atoms with E-state index in [-0.39, 0.29) is 43.3 Å². The molecule has 0 fully saturated rings. The fraction of sp³-hybridized carbons (Fsp3) is 0.250. The molecule has 0 saturated carbocycles. The van der Waals surface area contributed by atoms with Gasteiger partial charge < -0.3 is 0 Å². The molecule has 144 heavy (non-hydrogen) atoms. The van der Waals surface area contributed by atoms with E-state index >= 15 is 0 Å². The average Bonchev–Trinajstić information content (AvgIpc) is 0.775. The van der Waals surface area contributed by atoms with Gasteiger partial charge in [-0.1, -0.05) is 366 Å². The molecule has 716 valence electrons. The molecule has 0 spiro atoms. The molecule has 5 aromatic heterocycles. The molecule has 0 amide bonds. The Morgan fingerprint density at radius 1 is 0.188 bits per heavy atom. The van der Waals surface area contributed by atoms with Crippen LogP contribution in [-0.2, 0) is 43.3 Å². The van der Waals surface area contributed by atoms with E-state index in [1.54, 1.807) is 36.8 Å². The first kappa shape index (κ1) is 109. The van der Waals surface area contributed by atoms with Crippen molar-refractivity contribution >= 4 is 43.1 Å². The van der Waals surface area contributed by atoms with Crippen molar-refractivity contribution in [3.05, 3.63) is 411 Å². The second-order valence-corrected chi connectivity index (χ2v) is 43.2. The lowest BCUT2D eigenvalue weighted by atomic mass is 9.82. The standard InChI is InChI=1S/C20H18N2.C16H16N2.C16H14N2.C16H16N2.2C15H15N3.2C15H15N/c1-20(2,3)18-13-22-19(17-7-5-4-6-16(17)18)15-10-8-14(12-21)9-11-15;1-16(2,3)14-7-5-13(6-8-14)15-9-4-12(10-17)11-18-15;1-16(2,3)15-7-5-12(10-18)14-8-11(9-17)4-6-13(14)15;1-16(2,3)14-8-9-15(18-11-14)13-6-4-12(10-17)5-7-13;1-15(2,3)12-6-4-11(5-7-12)14-10-17-13(8-16)9-18-14;1-15(2,3)12-6-4-11(5-7-12)14-13(10-16)17-8-9-18-14;1-15(2,3)14-9-5-7-12-11(10-16)6-4-8-13(12)14;1-15(2,3)14-9-8-11(10-16)12-6-4-5-7-13(12)14/h4-11,13H,1-3H3;4-9,11H,1-3H3;4-8H,1-3H3;4-9,11H,1-3H3;4-7,9-10H,1-3H3;4-9H,1-3H3;2*4-9H,1-3H3. The van der Waals surface area contributed by atoms with E-state index in [1.807, 2.05) is 176 Å². The molecule has 0 aliphatic carbocycles. The molecular weight excluding hydrogens is 1760 g/mol. The molecule has 0 atom stereocenters. The minimum absolute atomic E-state index is 0.0143. The number of hydrogen-bond acceptors (Lipinski definition) is 16. The van der Waals surface area contributed by atoms with Gasteiger partial charge in [0.2, 0.25) is 0 Å². The van der Waals surface area contributed by atoms with Crippen molar-refractivity contribution in [1.82, 2.24) is 34.9 Å². The highest BCUT2D eigenvalue weighted by Crippen LogP contribution is 2.39. The highest BCUT2D eigenvalue weighted by atomic mass is 14.8. The van der Waals surface area contributed by atoms with E-state index < -0.39 is 0 Å². The summed E-state index contributed by atoms with van der Waals surface area (Å²) in [6.45, 7) is 52.4. The van der Waals surface area contributed by atoms with Crippen LogP contribution in [0, 0.1) is 102 Å². The zero-order chi connectivity index (χ0) is 105. The average molecular weight is 1890 g/mol. The maximum Gasteiger partial charge on any atom is 0.166 e. The van der Waals surface area contributed by atoms with Gasteiger partial charge in [-0.15, -0.1) is 0 Å². The molecule has 0 radical (unpaired) electrons. The molecule has 0 N–H and O–H groups in total. The van der Waals surface area contributed by atoms with Crippen LogP contribution in [-0.4, -0.2) is 34.9 Å². The Hall–Kier alpha value is -17.3. The van der Waals surface area contributed by atoms with Gasteiger partial charge in [-0.05, 0) is 193 Å². The Morgan fingerprint density at radius 3 is 0.951 bits per heavy atom. The summed E-state index contributed by atoms with van der Waals surface area (Å²) in [6.07, 6.45) is 11.8. The van der Waals surface area contributed by atoms with Crippen molar-refractivity contribution in [3.63, 3.8) is 0 Å². The summed E-state index contributed by atoms with van der Waals surface area (Å²) >= 11 is 0. The number of nitrogens with zero attached hydrogens (tertiary/aromatic N) is 16. The van der Waals surface area contributed by atoms with Gasteiger partial charge in [0, 0.05) is 69.6 Å². The maximum absolute atomic E-state index is 9.16. The van der Waals surface area contributed by atoms with Crippen LogP contribution in [0.15, 0.2) is 316 Å². The molecule has 17 rings (SSSR count). The van der Waals surface area contributed by atoms with Gasteiger partial charge in [-0.25, -0.2) is 9.97 Å². The summed E-state index contributed by atoms with van der Waals surface area (Å²) < 4.78 is 0. The monoisotopic (exact) mass is 1890 g/mol. The lowest BCUT2D eigenvalue weighted by Gasteiger charge is -2.22. The number of hydrogen-bond donors (Lipinski definition) is 0. The van der Waals surface area contributed by atoms with E-state index in [0.29, 0.717) is 44.9 Å². The van der Waals surface area contributed by atoms with Crippen LogP contribution >= 0.6 is 0 Å². The minimum Gasteiger partial charge on any atom is -0.256 e. The molecule has 0 aliphatic rings. The summed E-state index contributed by atoms with van der Waals surface area (Å²) in [4.78, 5) is 30.0. The predicted molar refractivity (Wildman–Crippen MR) is 585 cm³/mol. The molecule has 16 nitrogen and oxygen atoms in total. The van der Waals surface area contributed by atoms with E-state index in [0.717, 1.165) is 88.7 Å². The third-order valence-corrected chi connectivity index (χ3v) is 24.2. The van der Waals surface area contributed by atoms with E-state index in [9.17, 15) is 0 Å². The zero-order valence-corrected chi connectivity index (χ0v) is 87.2. The van der Waals surface area contributed by atoms with Crippen LogP contribution in [0.3, 0.4) is 0 Å². The highest BCUT2D eigenvalue weighted by molar-refractivity contribution is 5.98. The lowest BCUT2D eigenvalue weighted by Crippen LogP contribution is -2.12. The van der Waals surface area contributed by atoms with Crippen LogP contribution < -0.4 is 0 Å². The first-order chi connectivity index (χ1) is 68.1. The van der Waals surface area contributed by atoms with Crippen LogP contribution in [0.5, 0.6) is 0 Å². The van der Waals surface area contributed by atoms with Gasteiger partial charge >= 0.3 is 0 Å². The van der Waals surface area contributed by atoms with E-state index in [1.165, 1.54) is 73.1 Å². The van der Waals surface area contributed by atoms with Crippen molar-refractivity contribution in [3.8, 4) is 111 Å². The van der Waals surface area contributed by atoms with Crippen LogP contribution in [0.2, 0.25) is 0 Å². The summed E-state index contributed by atoms with van der Waals surface area (Å²) in [5.41, 5.74) is 25.6. The van der Waals surface area contributed by atoms with Gasteiger partial charge in [-0.2, -0.15) is 47.4 Å². The first-order valence-electron chi connectivity index (χ1n) is 47.8. The third-order valence-electron chi connectivity index (χ3n) is 24.2. The van der Waals surface area contributed by atoms with Crippen molar-refractivity contribution < 1.29 is 0 Å². The first-order valence-corrected chi connectivity index (χ1v) is 47.8. The third kappa shape index (κ3) is 28.7. The molecule has 0 saturated heterocycles. The Bertz CT molecular complexity index is 7450. The normalized spacial score (nSPS) is 11.1. The quantitative estimate of drug-likeness (QED) is 0.155. The number of fused-ring (bicyclic) bond motifs is 4. The molecule has 12 aromatic carbocycles. The summed E-state index contributed by atoms with van der Waals surface area (Å²) in [6, 6.07) is 109. The highest BCUT2D eigenvalue weighted by Gasteiger charge is 2.25.